The molecule has 0 saturated heterocycles. The maximum Gasteiger partial charge on any atom is 0.338 e. The molecule has 1 aliphatic heterocycles. The Hall–Kier alpha value is -2.73. The van der Waals surface area contributed by atoms with Crippen molar-refractivity contribution in [3.63, 3.8) is 0 Å². The zero-order chi connectivity index (χ0) is 18.5. The third-order valence-corrected chi connectivity index (χ3v) is 4.89. The molecule has 134 valence electrons. The SMILES string of the molecule is CSc1ccc([C@@H]2NC(=O)NC(C)=C2C(=O)OCc2ccccc2)cc1. The lowest BCUT2D eigenvalue weighted by atomic mass is 9.95. The van der Waals surface area contributed by atoms with Gasteiger partial charge in [0, 0.05) is 10.6 Å². The molecule has 5 nitrogen and oxygen atoms in total. The van der Waals surface area contributed by atoms with Gasteiger partial charge in [0.1, 0.15) is 6.61 Å². The Labute approximate surface area is 156 Å². The minimum atomic E-state index is -0.539. The van der Waals surface area contributed by atoms with Crippen LogP contribution < -0.4 is 10.6 Å². The molecule has 3 rings (SSSR count). The Balaban J connectivity index is 1.83. The number of carbonyl (C=O) groups excluding carboxylic acids is 2. The van der Waals surface area contributed by atoms with Gasteiger partial charge in [-0.1, -0.05) is 42.5 Å². The molecule has 1 heterocycles. The van der Waals surface area contributed by atoms with Crippen LogP contribution in [0.5, 0.6) is 0 Å². The topological polar surface area (TPSA) is 67.4 Å². The van der Waals surface area contributed by atoms with Gasteiger partial charge in [0.15, 0.2) is 0 Å². The highest BCUT2D eigenvalue weighted by Gasteiger charge is 2.32. The van der Waals surface area contributed by atoms with Gasteiger partial charge in [0.25, 0.3) is 0 Å². The van der Waals surface area contributed by atoms with Gasteiger partial charge in [-0.2, -0.15) is 0 Å². The number of benzene rings is 2. The summed E-state index contributed by atoms with van der Waals surface area (Å²) in [6, 6.07) is 16.4. The van der Waals surface area contributed by atoms with Crippen LogP contribution in [0.2, 0.25) is 0 Å². The maximum absolute atomic E-state index is 12.7. The summed E-state index contributed by atoms with van der Waals surface area (Å²) in [6.45, 7) is 1.89. The number of allylic oxidation sites excluding steroid dienone is 1. The van der Waals surface area contributed by atoms with Crippen molar-refractivity contribution in [1.29, 1.82) is 0 Å². The molecule has 0 aromatic heterocycles. The fourth-order valence-corrected chi connectivity index (χ4v) is 3.22. The van der Waals surface area contributed by atoms with Crippen molar-refractivity contribution in [3.8, 4) is 0 Å². The Bertz CT molecular complexity index is 832. The highest BCUT2D eigenvalue weighted by molar-refractivity contribution is 7.98. The summed E-state index contributed by atoms with van der Waals surface area (Å²) in [5, 5.41) is 5.47. The molecule has 0 radical (unpaired) electrons. The Morgan fingerprint density at radius 2 is 1.81 bits per heavy atom. The number of urea groups is 1. The molecule has 0 spiro atoms. The first-order valence-corrected chi connectivity index (χ1v) is 9.44. The molecule has 0 saturated carbocycles. The Kier molecular flexibility index (Phi) is 5.63. The van der Waals surface area contributed by atoms with Crippen molar-refractivity contribution < 1.29 is 14.3 Å². The van der Waals surface area contributed by atoms with Crippen LogP contribution >= 0.6 is 11.8 Å². The summed E-state index contributed by atoms with van der Waals surface area (Å²) in [6.07, 6.45) is 2.00. The summed E-state index contributed by atoms with van der Waals surface area (Å²) < 4.78 is 5.48. The number of rotatable bonds is 5. The lowest BCUT2D eigenvalue weighted by molar-refractivity contribution is -0.140. The molecule has 1 atom stereocenters. The lowest BCUT2D eigenvalue weighted by Gasteiger charge is -2.28. The second kappa shape index (κ2) is 8.10. The molecule has 26 heavy (non-hydrogen) atoms. The van der Waals surface area contributed by atoms with E-state index in [-0.39, 0.29) is 12.6 Å². The number of esters is 1. The predicted molar refractivity (Wildman–Crippen MR) is 102 cm³/mol. The van der Waals surface area contributed by atoms with Gasteiger partial charge in [-0.3, -0.25) is 0 Å². The van der Waals surface area contributed by atoms with E-state index in [1.165, 1.54) is 0 Å². The molecular weight excluding hydrogens is 348 g/mol. The van der Waals surface area contributed by atoms with E-state index in [0.29, 0.717) is 11.3 Å². The normalized spacial score (nSPS) is 16.7. The second-order valence-corrected chi connectivity index (χ2v) is 6.78. The van der Waals surface area contributed by atoms with Gasteiger partial charge in [-0.15, -0.1) is 11.8 Å². The molecular formula is C20H20N2O3S. The standard InChI is InChI=1S/C20H20N2O3S/c1-13-17(19(23)25-12-14-6-4-3-5-7-14)18(22-20(24)21-13)15-8-10-16(26-2)11-9-15/h3-11,18H,12H2,1-2H3,(H2,21,22,24)/t18-/m0/s1. The van der Waals surface area contributed by atoms with E-state index in [2.05, 4.69) is 10.6 Å². The first-order valence-electron chi connectivity index (χ1n) is 8.22. The first-order chi connectivity index (χ1) is 12.6. The minimum Gasteiger partial charge on any atom is -0.457 e. The quantitative estimate of drug-likeness (QED) is 0.623. The lowest BCUT2D eigenvalue weighted by Crippen LogP contribution is -2.45. The van der Waals surface area contributed by atoms with Crippen LogP contribution in [0, 0.1) is 0 Å². The minimum absolute atomic E-state index is 0.183. The van der Waals surface area contributed by atoms with E-state index >= 15 is 0 Å². The fraction of sp³-hybridized carbons (Fsp3) is 0.200. The summed E-state index contributed by atoms with van der Waals surface area (Å²) in [5.41, 5.74) is 2.67. The molecule has 0 fully saturated rings. The summed E-state index contributed by atoms with van der Waals surface area (Å²) in [7, 11) is 0. The van der Waals surface area contributed by atoms with Crippen molar-refractivity contribution in [2.24, 2.45) is 0 Å². The molecule has 2 amide bonds. The van der Waals surface area contributed by atoms with E-state index in [9.17, 15) is 9.59 Å². The number of carbonyl (C=O) groups is 2. The number of nitrogens with one attached hydrogen (secondary N) is 2. The van der Waals surface area contributed by atoms with Gasteiger partial charge in [0.2, 0.25) is 0 Å². The molecule has 0 aliphatic carbocycles. The molecule has 2 N–H and O–H groups in total. The van der Waals surface area contributed by atoms with Gasteiger partial charge in [0.05, 0.1) is 11.6 Å². The number of amides is 2. The third-order valence-electron chi connectivity index (χ3n) is 4.15. The molecule has 6 heteroatoms. The summed E-state index contributed by atoms with van der Waals surface area (Å²) >= 11 is 1.63. The van der Waals surface area contributed by atoms with Crippen LogP contribution in [-0.2, 0) is 16.1 Å². The third kappa shape index (κ3) is 4.08. The molecule has 0 bridgehead atoms. The van der Waals surface area contributed by atoms with Gasteiger partial charge >= 0.3 is 12.0 Å². The highest BCUT2D eigenvalue weighted by atomic mass is 32.2. The van der Waals surface area contributed by atoms with Crippen LogP contribution in [0.4, 0.5) is 4.79 Å². The second-order valence-electron chi connectivity index (χ2n) is 5.91. The van der Waals surface area contributed by atoms with Crippen molar-refractivity contribution in [2.75, 3.05) is 6.26 Å². The zero-order valence-electron chi connectivity index (χ0n) is 14.6. The number of hydrogen-bond donors (Lipinski definition) is 2. The van der Waals surface area contributed by atoms with Crippen LogP contribution in [0.3, 0.4) is 0 Å². The maximum atomic E-state index is 12.7. The fourth-order valence-electron chi connectivity index (χ4n) is 2.81. The Morgan fingerprint density at radius 3 is 2.46 bits per heavy atom. The first kappa shape index (κ1) is 18.1. The van der Waals surface area contributed by atoms with Crippen LogP contribution in [0.1, 0.15) is 24.1 Å². The predicted octanol–water partition coefficient (Wildman–Crippen LogP) is 3.78. The van der Waals surface area contributed by atoms with Gasteiger partial charge in [-0.25, -0.2) is 9.59 Å². The van der Waals surface area contributed by atoms with Crippen molar-refractivity contribution in [3.05, 3.63) is 77.0 Å². The van der Waals surface area contributed by atoms with Gasteiger partial charge < -0.3 is 15.4 Å². The van der Waals surface area contributed by atoms with Gasteiger partial charge in [-0.05, 0) is 36.4 Å². The Morgan fingerprint density at radius 1 is 1.12 bits per heavy atom. The van der Waals surface area contributed by atoms with E-state index in [4.69, 9.17) is 4.74 Å². The van der Waals surface area contributed by atoms with Crippen molar-refractivity contribution in [2.45, 2.75) is 24.5 Å². The number of ether oxygens (including phenoxy) is 1. The van der Waals surface area contributed by atoms with E-state index in [1.54, 1.807) is 18.7 Å². The molecule has 2 aromatic rings. The van der Waals surface area contributed by atoms with Crippen LogP contribution in [-0.4, -0.2) is 18.3 Å². The van der Waals surface area contributed by atoms with E-state index in [1.807, 2.05) is 60.9 Å². The average Bonchev–Trinajstić information content (AvgIpc) is 2.66. The monoisotopic (exact) mass is 368 g/mol. The molecule has 1 aliphatic rings. The summed E-state index contributed by atoms with van der Waals surface area (Å²) in [4.78, 5) is 25.7. The van der Waals surface area contributed by atoms with Crippen molar-refractivity contribution >= 4 is 23.8 Å². The van der Waals surface area contributed by atoms with E-state index < -0.39 is 12.0 Å². The average molecular weight is 368 g/mol. The number of hydrogen-bond acceptors (Lipinski definition) is 4. The van der Waals surface area contributed by atoms with E-state index in [0.717, 1.165) is 16.0 Å². The number of thioether (sulfide) groups is 1. The largest absolute Gasteiger partial charge is 0.457 e. The summed E-state index contributed by atoms with van der Waals surface area (Å²) in [5.74, 6) is -0.446. The smallest absolute Gasteiger partial charge is 0.338 e. The van der Waals surface area contributed by atoms with Crippen molar-refractivity contribution in [1.82, 2.24) is 10.6 Å². The highest BCUT2D eigenvalue weighted by Crippen LogP contribution is 2.29. The van der Waals surface area contributed by atoms with Crippen LogP contribution in [0.25, 0.3) is 0 Å². The molecule has 2 aromatic carbocycles. The molecule has 0 unspecified atom stereocenters. The van der Waals surface area contributed by atoms with Crippen LogP contribution in [0.15, 0.2) is 70.8 Å². The zero-order valence-corrected chi connectivity index (χ0v) is 15.4.